The van der Waals surface area contributed by atoms with E-state index in [4.69, 9.17) is 0 Å². The van der Waals surface area contributed by atoms with Crippen LogP contribution in [0.1, 0.15) is 27.9 Å². The van der Waals surface area contributed by atoms with Gasteiger partial charge in [0.2, 0.25) is 0 Å². The molecule has 0 saturated carbocycles. The Bertz CT molecular complexity index is 819. The average Bonchev–Trinajstić information content (AvgIpc) is 2.75. The zero-order valence-corrected chi connectivity index (χ0v) is 13.8. The van der Waals surface area contributed by atoms with Crippen LogP contribution in [0.4, 0.5) is 10.1 Å². The number of benzene rings is 2. The number of Topliss-reactive ketones (excluding diaryl/α,β-unsaturated/α-hetero) is 1. The number of hydrogen-bond donors (Lipinski definition) is 2. The van der Waals surface area contributed by atoms with E-state index < -0.39 is 29.5 Å². The Morgan fingerprint density at radius 3 is 2.57 bits per heavy atom. The lowest BCUT2D eigenvalue weighted by Gasteiger charge is -2.21. The van der Waals surface area contributed by atoms with Gasteiger partial charge in [-0.2, -0.15) is 0 Å². The molecule has 23 heavy (non-hydrogen) atoms. The number of ketones is 1. The van der Waals surface area contributed by atoms with Crippen LogP contribution in [0.2, 0.25) is 0 Å². The third kappa shape index (κ3) is 2.58. The Morgan fingerprint density at radius 1 is 1.26 bits per heavy atom. The summed E-state index contributed by atoms with van der Waals surface area (Å²) in [5, 5.41) is 13.5. The number of aliphatic hydroxyl groups is 1. The highest BCUT2D eigenvalue weighted by Gasteiger charge is 2.48. The maximum Gasteiger partial charge on any atom is 0.261 e. The normalized spacial score (nSPS) is 19.4. The summed E-state index contributed by atoms with van der Waals surface area (Å²) in [6.07, 6.45) is -0.417. The summed E-state index contributed by atoms with van der Waals surface area (Å²) in [4.78, 5) is 24.6. The summed E-state index contributed by atoms with van der Waals surface area (Å²) in [6.45, 7) is 1.83. The first-order valence-corrected chi connectivity index (χ1v) is 7.74. The molecule has 0 fully saturated rings. The van der Waals surface area contributed by atoms with Crippen molar-refractivity contribution in [2.24, 2.45) is 0 Å². The van der Waals surface area contributed by atoms with Gasteiger partial charge in [0.05, 0.1) is 6.42 Å². The lowest BCUT2D eigenvalue weighted by molar-refractivity contribution is -0.133. The van der Waals surface area contributed by atoms with Crippen LogP contribution < -0.4 is 5.32 Å². The van der Waals surface area contributed by atoms with Gasteiger partial charge < -0.3 is 10.4 Å². The highest BCUT2D eigenvalue weighted by molar-refractivity contribution is 9.10. The molecule has 0 bridgehead atoms. The number of nitrogens with one attached hydrogen (secondary N) is 1. The minimum absolute atomic E-state index is 0.241. The van der Waals surface area contributed by atoms with Crippen molar-refractivity contribution in [2.45, 2.75) is 18.9 Å². The maximum absolute atomic E-state index is 13.0. The predicted octanol–water partition coefficient (Wildman–Crippen LogP) is 3.31. The monoisotopic (exact) mass is 377 g/mol. The molecule has 2 aromatic rings. The summed E-state index contributed by atoms with van der Waals surface area (Å²) >= 11 is 3.38. The minimum Gasteiger partial charge on any atom is -0.375 e. The number of halogens is 2. The average molecular weight is 378 g/mol. The van der Waals surface area contributed by atoms with Crippen molar-refractivity contribution in [3.8, 4) is 0 Å². The van der Waals surface area contributed by atoms with E-state index in [0.717, 1.165) is 5.56 Å². The van der Waals surface area contributed by atoms with Gasteiger partial charge in [0, 0.05) is 21.3 Å². The number of amides is 1. The lowest BCUT2D eigenvalue weighted by atomic mass is 9.87. The van der Waals surface area contributed by atoms with E-state index in [-0.39, 0.29) is 5.56 Å². The van der Waals surface area contributed by atoms with E-state index in [1.165, 1.54) is 24.3 Å². The van der Waals surface area contributed by atoms with Crippen molar-refractivity contribution < 1.29 is 19.1 Å². The van der Waals surface area contributed by atoms with Gasteiger partial charge in [0.15, 0.2) is 11.4 Å². The first kappa shape index (κ1) is 15.8. The first-order valence-electron chi connectivity index (χ1n) is 6.95. The fraction of sp³-hybridized carbons (Fsp3) is 0.176. The van der Waals surface area contributed by atoms with E-state index in [1.54, 1.807) is 12.1 Å². The van der Waals surface area contributed by atoms with Crippen molar-refractivity contribution in [2.75, 3.05) is 5.32 Å². The lowest BCUT2D eigenvalue weighted by Crippen LogP contribution is -2.36. The van der Waals surface area contributed by atoms with Crippen LogP contribution >= 0.6 is 15.9 Å². The number of anilines is 1. The molecule has 0 saturated heterocycles. The summed E-state index contributed by atoms with van der Waals surface area (Å²) in [7, 11) is 0. The summed E-state index contributed by atoms with van der Waals surface area (Å²) < 4.78 is 13.5. The van der Waals surface area contributed by atoms with Gasteiger partial charge in [-0.1, -0.05) is 22.0 Å². The van der Waals surface area contributed by atoms with Crippen LogP contribution in [0.3, 0.4) is 0 Å². The second-order valence-corrected chi connectivity index (χ2v) is 6.33. The van der Waals surface area contributed by atoms with Crippen molar-refractivity contribution in [1.82, 2.24) is 0 Å². The van der Waals surface area contributed by atoms with E-state index in [0.29, 0.717) is 15.7 Å². The van der Waals surface area contributed by atoms with Crippen LogP contribution in [0, 0.1) is 12.7 Å². The summed E-state index contributed by atoms with van der Waals surface area (Å²) in [6, 6.07) is 8.49. The van der Waals surface area contributed by atoms with Crippen molar-refractivity contribution >= 4 is 33.3 Å². The van der Waals surface area contributed by atoms with Gasteiger partial charge in [-0.25, -0.2) is 4.39 Å². The highest BCUT2D eigenvalue weighted by Crippen LogP contribution is 2.44. The molecule has 2 aromatic carbocycles. The number of carbonyl (C=O) groups excluding carboxylic acids is 2. The molecule has 0 aliphatic carbocycles. The molecule has 118 valence electrons. The largest absolute Gasteiger partial charge is 0.375 e. The molecule has 2 N–H and O–H groups in total. The second kappa shape index (κ2) is 5.54. The molecule has 1 aliphatic heterocycles. The Hall–Kier alpha value is -2.05. The standard InChI is InChI=1S/C17H13BrFNO3/c1-9-2-7-12-14(15(9)18)17(23,16(22)20-12)8-13(21)10-3-5-11(19)6-4-10/h2-7,23H,8H2,1H3,(H,20,22)/t17-/m0/s1. The topological polar surface area (TPSA) is 66.4 Å². The van der Waals surface area contributed by atoms with Crippen molar-refractivity contribution in [3.05, 3.63) is 63.4 Å². The van der Waals surface area contributed by atoms with Gasteiger partial charge in [-0.05, 0) is 42.8 Å². The molecular weight excluding hydrogens is 365 g/mol. The predicted molar refractivity (Wildman–Crippen MR) is 86.8 cm³/mol. The molecular formula is C17H13BrFNO3. The van der Waals surface area contributed by atoms with Gasteiger partial charge in [0.25, 0.3) is 5.91 Å². The number of aryl methyl sites for hydroxylation is 1. The zero-order chi connectivity index (χ0) is 16.8. The minimum atomic E-state index is -1.95. The van der Waals surface area contributed by atoms with Gasteiger partial charge in [-0.15, -0.1) is 0 Å². The van der Waals surface area contributed by atoms with Crippen LogP contribution in [0.5, 0.6) is 0 Å². The molecule has 3 rings (SSSR count). The first-order chi connectivity index (χ1) is 10.8. The maximum atomic E-state index is 13.0. The second-order valence-electron chi connectivity index (χ2n) is 5.54. The van der Waals surface area contributed by atoms with Crippen molar-refractivity contribution in [3.63, 3.8) is 0 Å². The highest BCUT2D eigenvalue weighted by atomic mass is 79.9. The SMILES string of the molecule is Cc1ccc2c(c1Br)[C@@](O)(CC(=O)c1ccc(F)cc1)C(=O)N2. The van der Waals surface area contributed by atoms with Crippen LogP contribution in [0.15, 0.2) is 40.9 Å². The summed E-state index contributed by atoms with van der Waals surface area (Å²) in [5.41, 5.74) is -0.0383. The Kier molecular flexibility index (Phi) is 3.82. The Morgan fingerprint density at radius 2 is 1.91 bits per heavy atom. The Balaban J connectivity index is 2.00. The van der Waals surface area contributed by atoms with Crippen molar-refractivity contribution in [1.29, 1.82) is 0 Å². The number of rotatable bonds is 3. The molecule has 6 heteroatoms. The zero-order valence-electron chi connectivity index (χ0n) is 12.2. The number of hydrogen-bond acceptors (Lipinski definition) is 3. The van der Waals surface area contributed by atoms with E-state index in [1.807, 2.05) is 6.92 Å². The fourth-order valence-corrected chi connectivity index (χ4v) is 3.34. The van der Waals surface area contributed by atoms with Gasteiger partial charge in [-0.3, -0.25) is 9.59 Å². The number of fused-ring (bicyclic) bond motifs is 1. The number of carbonyl (C=O) groups is 2. The van der Waals surface area contributed by atoms with Crippen LogP contribution in [-0.4, -0.2) is 16.8 Å². The molecule has 1 aliphatic rings. The Labute approximate surface area is 140 Å². The molecule has 0 unspecified atom stereocenters. The molecule has 1 atom stereocenters. The smallest absolute Gasteiger partial charge is 0.261 e. The van der Waals surface area contributed by atoms with E-state index in [2.05, 4.69) is 21.2 Å². The molecule has 0 aromatic heterocycles. The third-order valence-corrected chi connectivity index (χ3v) is 4.98. The molecule has 1 heterocycles. The fourth-order valence-electron chi connectivity index (χ4n) is 2.67. The third-order valence-electron chi connectivity index (χ3n) is 3.96. The summed E-state index contributed by atoms with van der Waals surface area (Å²) in [5.74, 6) is -1.54. The molecule has 0 spiro atoms. The molecule has 4 nitrogen and oxygen atoms in total. The van der Waals surface area contributed by atoms with E-state index >= 15 is 0 Å². The van der Waals surface area contributed by atoms with E-state index in [9.17, 15) is 19.1 Å². The van der Waals surface area contributed by atoms with Crippen LogP contribution in [0.25, 0.3) is 0 Å². The quantitative estimate of drug-likeness (QED) is 0.806. The molecule has 1 amide bonds. The van der Waals surface area contributed by atoms with Crippen LogP contribution in [-0.2, 0) is 10.4 Å². The van der Waals surface area contributed by atoms with Gasteiger partial charge in [0.1, 0.15) is 5.82 Å². The molecule has 0 radical (unpaired) electrons. The van der Waals surface area contributed by atoms with Gasteiger partial charge >= 0.3 is 0 Å².